The van der Waals surface area contributed by atoms with E-state index in [0.717, 1.165) is 5.56 Å². The van der Waals surface area contributed by atoms with E-state index in [0.29, 0.717) is 22.8 Å². The SMILES string of the molecule is Cc1ccc(O)c(CNc2cc(S(N)(=O)=O)ccc2Cl)c1. The average Bonchev–Trinajstić information content (AvgIpc) is 2.40. The number of aryl methyl sites for hydroxylation is 1. The van der Waals surface area contributed by atoms with Crippen molar-refractivity contribution < 1.29 is 13.5 Å². The molecule has 2 aromatic rings. The van der Waals surface area contributed by atoms with Gasteiger partial charge >= 0.3 is 0 Å². The Balaban J connectivity index is 2.26. The van der Waals surface area contributed by atoms with E-state index in [2.05, 4.69) is 5.32 Å². The van der Waals surface area contributed by atoms with Gasteiger partial charge in [-0.3, -0.25) is 0 Å². The van der Waals surface area contributed by atoms with Crippen molar-refractivity contribution in [1.82, 2.24) is 0 Å². The van der Waals surface area contributed by atoms with Crippen molar-refractivity contribution >= 4 is 27.3 Å². The van der Waals surface area contributed by atoms with Gasteiger partial charge in [0.25, 0.3) is 0 Å². The number of halogens is 1. The summed E-state index contributed by atoms with van der Waals surface area (Å²) in [5, 5.41) is 18.2. The molecule has 0 bridgehead atoms. The Morgan fingerprint density at radius 1 is 1.24 bits per heavy atom. The van der Waals surface area contributed by atoms with E-state index in [9.17, 15) is 13.5 Å². The van der Waals surface area contributed by atoms with Gasteiger partial charge in [-0.2, -0.15) is 0 Å². The van der Waals surface area contributed by atoms with Crippen molar-refractivity contribution in [2.75, 3.05) is 5.32 Å². The number of aromatic hydroxyl groups is 1. The maximum Gasteiger partial charge on any atom is 0.238 e. The lowest BCUT2D eigenvalue weighted by atomic mass is 10.1. The number of sulfonamides is 1. The molecule has 0 aliphatic heterocycles. The molecule has 0 unspecified atom stereocenters. The van der Waals surface area contributed by atoms with Crippen LogP contribution in [-0.4, -0.2) is 13.5 Å². The van der Waals surface area contributed by atoms with Gasteiger partial charge in [0.2, 0.25) is 10.0 Å². The lowest BCUT2D eigenvalue weighted by Gasteiger charge is -2.11. The fraction of sp³-hybridized carbons (Fsp3) is 0.143. The van der Waals surface area contributed by atoms with Gasteiger partial charge in [0.1, 0.15) is 5.75 Å². The van der Waals surface area contributed by atoms with Crippen LogP contribution in [0.3, 0.4) is 0 Å². The molecule has 0 amide bonds. The van der Waals surface area contributed by atoms with E-state index in [1.54, 1.807) is 12.1 Å². The molecule has 21 heavy (non-hydrogen) atoms. The molecule has 0 radical (unpaired) electrons. The summed E-state index contributed by atoms with van der Waals surface area (Å²) in [6, 6.07) is 9.40. The predicted octanol–water partition coefficient (Wildman–Crippen LogP) is 2.61. The van der Waals surface area contributed by atoms with Gasteiger partial charge in [-0.25, -0.2) is 13.6 Å². The number of phenols is 1. The number of benzene rings is 2. The monoisotopic (exact) mass is 326 g/mol. The average molecular weight is 327 g/mol. The van der Waals surface area contributed by atoms with Crippen LogP contribution in [0.15, 0.2) is 41.3 Å². The summed E-state index contributed by atoms with van der Waals surface area (Å²) < 4.78 is 22.7. The predicted molar refractivity (Wildman–Crippen MR) is 83.0 cm³/mol. The molecular weight excluding hydrogens is 312 g/mol. The van der Waals surface area contributed by atoms with Gasteiger partial charge < -0.3 is 10.4 Å². The maximum atomic E-state index is 11.3. The quantitative estimate of drug-likeness (QED) is 0.805. The Bertz CT molecular complexity index is 776. The lowest BCUT2D eigenvalue weighted by molar-refractivity contribution is 0.469. The molecule has 7 heteroatoms. The molecule has 0 saturated heterocycles. The Labute approximate surface area is 128 Å². The van der Waals surface area contributed by atoms with Gasteiger partial charge in [-0.1, -0.05) is 29.3 Å². The second-order valence-corrected chi connectivity index (χ2v) is 6.64. The summed E-state index contributed by atoms with van der Waals surface area (Å²) in [6.07, 6.45) is 0. The third-order valence-electron chi connectivity index (χ3n) is 2.97. The van der Waals surface area contributed by atoms with Crippen LogP contribution < -0.4 is 10.5 Å². The van der Waals surface area contributed by atoms with Crippen molar-refractivity contribution in [3.05, 3.63) is 52.5 Å². The molecule has 4 N–H and O–H groups in total. The van der Waals surface area contributed by atoms with Crippen LogP contribution in [0.1, 0.15) is 11.1 Å². The second-order valence-electron chi connectivity index (χ2n) is 4.67. The van der Waals surface area contributed by atoms with E-state index < -0.39 is 10.0 Å². The van der Waals surface area contributed by atoms with Crippen LogP contribution in [0, 0.1) is 6.92 Å². The van der Waals surface area contributed by atoms with Gasteiger partial charge in [0, 0.05) is 12.1 Å². The van der Waals surface area contributed by atoms with Crippen LogP contribution in [-0.2, 0) is 16.6 Å². The van der Waals surface area contributed by atoms with Crippen LogP contribution >= 0.6 is 11.6 Å². The minimum Gasteiger partial charge on any atom is -0.508 e. The lowest BCUT2D eigenvalue weighted by Crippen LogP contribution is -2.12. The molecular formula is C14H15ClN2O3S. The number of hydrogen-bond acceptors (Lipinski definition) is 4. The number of nitrogens with one attached hydrogen (secondary N) is 1. The summed E-state index contributed by atoms with van der Waals surface area (Å²) >= 11 is 6.02. The molecule has 0 aliphatic rings. The largest absolute Gasteiger partial charge is 0.508 e. The fourth-order valence-corrected chi connectivity index (χ4v) is 2.59. The fourth-order valence-electron chi connectivity index (χ4n) is 1.86. The summed E-state index contributed by atoms with van der Waals surface area (Å²) in [4.78, 5) is -0.0251. The molecule has 112 valence electrons. The molecule has 0 spiro atoms. The number of hydrogen-bond donors (Lipinski definition) is 3. The Morgan fingerprint density at radius 2 is 1.95 bits per heavy atom. The van der Waals surface area contributed by atoms with Crippen LogP contribution in [0.25, 0.3) is 0 Å². The molecule has 0 aromatic heterocycles. The Hall–Kier alpha value is -1.76. The standard InChI is InChI=1S/C14H15ClN2O3S/c1-9-2-5-14(18)10(6-9)8-17-13-7-11(21(16,19)20)3-4-12(13)15/h2-7,17-18H,8H2,1H3,(H2,16,19,20). The number of nitrogens with two attached hydrogens (primary N) is 1. The highest BCUT2D eigenvalue weighted by molar-refractivity contribution is 7.89. The van der Waals surface area contributed by atoms with Gasteiger partial charge in [-0.15, -0.1) is 0 Å². The molecule has 0 fully saturated rings. The minimum atomic E-state index is -3.79. The number of primary sulfonamides is 1. The number of phenolic OH excluding ortho intramolecular Hbond substituents is 1. The van der Waals surface area contributed by atoms with E-state index >= 15 is 0 Å². The topological polar surface area (TPSA) is 92.4 Å². The van der Waals surface area contributed by atoms with E-state index in [4.69, 9.17) is 16.7 Å². The molecule has 2 aromatic carbocycles. The number of rotatable bonds is 4. The summed E-state index contributed by atoms with van der Waals surface area (Å²) in [6.45, 7) is 2.22. The smallest absolute Gasteiger partial charge is 0.238 e. The normalized spacial score (nSPS) is 11.4. The summed E-state index contributed by atoms with van der Waals surface area (Å²) in [5.74, 6) is 0.159. The van der Waals surface area contributed by atoms with Gasteiger partial charge in [0.15, 0.2) is 0 Å². The van der Waals surface area contributed by atoms with Crippen molar-refractivity contribution in [2.45, 2.75) is 18.4 Å². The van der Waals surface area contributed by atoms with E-state index in [1.165, 1.54) is 18.2 Å². The zero-order valence-corrected chi connectivity index (χ0v) is 12.9. The first-order chi connectivity index (χ1) is 9.77. The zero-order valence-electron chi connectivity index (χ0n) is 11.3. The summed E-state index contributed by atoms with van der Waals surface area (Å²) in [5.41, 5.74) is 2.13. The van der Waals surface area contributed by atoms with Gasteiger partial charge in [0.05, 0.1) is 15.6 Å². The second kappa shape index (κ2) is 5.93. The molecule has 0 aliphatic carbocycles. The van der Waals surface area contributed by atoms with Crippen molar-refractivity contribution in [2.24, 2.45) is 5.14 Å². The first-order valence-electron chi connectivity index (χ1n) is 6.12. The van der Waals surface area contributed by atoms with E-state index in [1.807, 2.05) is 13.0 Å². The maximum absolute atomic E-state index is 11.3. The molecule has 0 atom stereocenters. The first-order valence-corrected chi connectivity index (χ1v) is 8.04. The third kappa shape index (κ3) is 3.87. The molecule has 0 saturated carbocycles. The highest BCUT2D eigenvalue weighted by atomic mass is 35.5. The van der Waals surface area contributed by atoms with Gasteiger partial charge in [-0.05, 0) is 31.2 Å². The van der Waals surface area contributed by atoms with Crippen LogP contribution in [0.5, 0.6) is 5.75 Å². The summed E-state index contributed by atoms with van der Waals surface area (Å²) in [7, 11) is -3.79. The number of anilines is 1. The Morgan fingerprint density at radius 3 is 2.62 bits per heavy atom. The molecule has 2 rings (SSSR count). The highest BCUT2D eigenvalue weighted by Gasteiger charge is 2.11. The van der Waals surface area contributed by atoms with Crippen molar-refractivity contribution in [3.63, 3.8) is 0 Å². The van der Waals surface area contributed by atoms with Crippen molar-refractivity contribution in [1.29, 1.82) is 0 Å². The van der Waals surface area contributed by atoms with Crippen LogP contribution in [0.4, 0.5) is 5.69 Å². The van der Waals surface area contributed by atoms with Crippen molar-refractivity contribution in [3.8, 4) is 5.75 Å². The molecule has 0 heterocycles. The minimum absolute atomic E-state index is 0.0251. The Kier molecular flexibility index (Phi) is 4.41. The highest BCUT2D eigenvalue weighted by Crippen LogP contribution is 2.26. The van der Waals surface area contributed by atoms with Crippen LogP contribution in [0.2, 0.25) is 5.02 Å². The molecule has 5 nitrogen and oxygen atoms in total. The first kappa shape index (κ1) is 15.6. The van der Waals surface area contributed by atoms with E-state index in [-0.39, 0.29) is 10.6 Å². The third-order valence-corrected chi connectivity index (χ3v) is 4.21. The zero-order chi connectivity index (χ0) is 15.6.